The maximum atomic E-state index is 15.4. The van der Waals surface area contributed by atoms with Gasteiger partial charge in [0.25, 0.3) is 0 Å². The summed E-state index contributed by atoms with van der Waals surface area (Å²) < 4.78 is 20.3. The smallest absolute Gasteiger partial charge is 0.330 e. The van der Waals surface area contributed by atoms with Crippen molar-refractivity contribution in [3.8, 4) is 0 Å². The van der Waals surface area contributed by atoms with Crippen molar-refractivity contribution < 1.29 is 13.9 Å². The molecule has 2 rings (SSSR count). The molecule has 1 aromatic carbocycles. The normalized spacial score (nSPS) is 16.9. The Bertz CT molecular complexity index is 922. The number of halogens is 1. The van der Waals surface area contributed by atoms with Crippen molar-refractivity contribution in [2.24, 2.45) is 0 Å². The summed E-state index contributed by atoms with van der Waals surface area (Å²) in [4.78, 5) is 14.1. The maximum absolute atomic E-state index is 15.4. The fourth-order valence-electron chi connectivity index (χ4n) is 4.16. The summed E-state index contributed by atoms with van der Waals surface area (Å²) in [5.74, 6) is -0.339. The van der Waals surface area contributed by atoms with Crippen molar-refractivity contribution in [3.63, 3.8) is 0 Å². The predicted molar refractivity (Wildman–Crippen MR) is 134 cm³/mol. The molecule has 0 atom stereocenters. The second-order valence-electron chi connectivity index (χ2n) is 9.69. The number of carbonyl (C=O) groups excluding carboxylic acids is 1. The van der Waals surface area contributed by atoms with Crippen molar-refractivity contribution in [1.29, 1.82) is 0 Å². The Hall–Kier alpha value is -2.36. The highest BCUT2D eigenvalue weighted by Gasteiger charge is 2.33. The standard InChI is InChI=1S/C28H40FNO2/c1-9-14-30-15-13-28(7,8)24-18-22(19(3)4)17-23(27(24)30)21(6)25(29)12-11-20(5)16-26(31)32-10-2/h11-12,16-19H,9-10,13-15H2,1-8H3/b12-11+,20-16+,25-21+. The Balaban J connectivity index is 2.60. The molecule has 1 aromatic rings. The molecule has 1 aliphatic heterocycles. The molecule has 176 valence electrons. The van der Waals surface area contributed by atoms with Crippen molar-refractivity contribution in [3.05, 3.63) is 58.5 Å². The molecule has 32 heavy (non-hydrogen) atoms. The molecular formula is C28H40FNO2. The lowest BCUT2D eigenvalue weighted by Gasteiger charge is -2.42. The van der Waals surface area contributed by atoms with E-state index in [0.29, 0.717) is 23.7 Å². The zero-order valence-corrected chi connectivity index (χ0v) is 21.1. The van der Waals surface area contributed by atoms with E-state index in [4.69, 9.17) is 4.74 Å². The molecule has 3 nitrogen and oxygen atoms in total. The van der Waals surface area contributed by atoms with Crippen LogP contribution in [0.1, 0.15) is 90.8 Å². The molecule has 4 heteroatoms. The summed E-state index contributed by atoms with van der Waals surface area (Å²) in [5, 5.41) is 0. The summed E-state index contributed by atoms with van der Waals surface area (Å²) in [5.41, 5.74) is 6.02. The molecule has 0 spiro atoms. The van der Waals surface area contributed by atoms with Crippen molar-refractivity contribution in [2.75, 3.05) is 24.6 Å². The Morgan fingerprint density at radius 3 is 2.50 bits per heavy atom. The fraction of sp³-hybridized carbons (Fsp3) is 0.536. The third-order valence-electron chi connectivity index (χ3n) is 6.23. The first-order chi connectivity index (χ1) is 15.0. The molecule has 0 aliphatic carbocycles. The first kappa shape index (κ1) is 25.9. The first-order valence-electron chi connectivity index (χ1n) is 11.8. The Labute approximate surface area is 194 Å². The average Bonchev–Trinajstić information content (AvgIpc) is 2.73. The van der Waals surface area contributed by atoms with Gasteiger partial charge in [0.1, 0.15) is 5.83 Å². The molecule has 0 saturated carbocycles. The molecule has 0 saturated heterocycles. The maximum Gasteiger partial charge on any atom is 0.330 e. The van der Waals surface area contributed by atoms with E-state index >= 15 is 4.39 Å². The van der Waals surface area contributed by atoms with E-state index in [-0.39, 0.29) is 11.2 Å². The second kappa shape index (κ2) is 11.0. The van der Waals surface area contributed by atoms with Crippen LogP contribution in [-0.4, -0.2) is 25.7 Å². The van der Waals surface area contributed by atoms with Crippen LogP contribution in [0.25, 0.3) is 5.57 Å². The molecular weight excluding hydrogens is 401 g/mol. The van der Waals surface area contributed by atoms with Gasteiger partial charge in [0.15, 0.2) is 0 Å². The highest BCUT2D eigenvalue weighted by molar-refractivity contribution is 5.84. The predicted octanol–water partition coefficient (Wildman–Crippen LogP) is 7.47. The van der Waals surface area contributed by atoms with Crippen LogP contribution >= 0.6 is 0 Å². The molecule has 1 heterocycles. The van der Waals surface area contributed by atoms with Gasteiger partial charge in [0.2, 0.25) is 0 Å². The van der Waals surface area contributed by atoms with Gasteiger partial charge < -0.3 is 9.64 Å². The highest BCUT2D eigenvalue weighted by Crippen LogP contribution is 2.45. The van der Waals surface area contributed by atoms with Gasteiger partial charge in [0.05, 0.1) is 6.61 Å². The Morgan fingerprint density at radius 2 is 1.91 bits per heavy atom. The summed E-state index contributed by atoms with van der Waals surface area (Å²) in [7, 11) is 0. The number of esters is 1. The molecule has 1 aliphatic rings. The molecule has 0 unspecified atom stereocenters. The number of benzene rings is 1. The third kappa shape index (κ3) is 6.11. The molecule has 0 fully saturated rings. The number of carbonyl (C=O) groups is 1. The van der Waals surface area contributed by atoms with E-state index in [1.54, 1.807) is 19.9 Å². The third-order valence-corrected chi connectivity index (χ3v) is 6.23. The number of hydrogen-bond donors (Lipinski definition) is 0. The SMILES string of the molecule is CCCN1CCC(C)(C)c2cc(C(C)C)cc(\C(C)=C(F)/C=C/C(C)=C/C(=O)OCC)c21. The van der Waals surface area contributed by atoms with E-state index in [9.17, 15) is 4.79 Å². The van der Waals surface area contributed by atoms with Gasteiger partial charge in [-0.3, -0.25) is 0 Å². The highest BCUT2D eigenvalue weighted by atomic mass is 19.1. The van der Waals surface area contributed by atoms with Crippen molar-refractivity contribution in [1.82, 2.24) is 0 Å². The van der Waals surface area contributed by atoms with Crippen LogP contribution in [0.15, 0.2) is 41.8 Å². The number of rotatable bonds is 8. The van der Waals surface area contributed by atoms with Gasteiger partial charge in [-0.15, -0.1) is 0 Å². The zero-order chi connectivity index (χ0) is 24.1. The van der Waals surface area contributed by atoms with Gasteiger partial charge in [-0.25, -0.2) is 9.18 Å². The quantitative estimate of drug-likeness (QED) is 0.238. The van der Waals surface area contributed by atoms with Gasteiger partial charge >= 0.3 is 5.97 Å². The topological polar surface area (TPSA) is 29.5 Å². The fourth-order valence-corrected chi connectivity index (χ4v) is 4.16. The average molecular weight is 442 g/mol. The van der Waals surface area contributed by atoms with Crippen LogP contribution in [-0.2, 0) is 14.9 Å². The minimum atomic E-state index is -0.410. The lowest BCUT2D eigenvalue weighted by molar-refractivity contribution is -0.137. The second-order valence-corrected chi connectivity index (χ2v) is 9.69. The van der Waals surface area contributed by atoms with E-state index in [0.717, 1.165) is 31.5 Å². The summed E-state index contributed by atoms with van der Waals surface area (Å²) in [6.07, 6.45) is 6.60. The van der Waals surface area contributed by atoms with Crippen LogP contribution in [0.2, 0.25) is 0 Å². The largest absolute Gasteiger partial charge is 0.463 e. The molecule has 0 amide bonds. The van der Waals surface area contributed by atoms with Crippen LogP contribution in [0.3, 0.4) is 0 Å². The minimum absolute atomic E-state index is 0.0464. The van der Waals surface area contributed by atoms with Gasteiger partial charge in [0, 0.05) is 30.4 Å². The van der Waals surface area contributed by atoms with Gasteiger partial charge in [-0.2, -0.15) is 0 Å². The number of fused-ring (bicyclic) bond motifs is 1. The van der Waals surface area contributed by atoms with Crippen LogP contribution in [0.5, 0.6) is 0 Å². The molecule has 0 radical (unpaired) electrons. The number of anilines is 1. The summed E-state index contributed by atoms with van der Waals surface area (Å²) >= 11 is 0. The van der Waals surface area contributed by atoms with E-state index in [1.165, 1.54) is 29.0 Å². The minimum Gasteiger partial charge on any atom is -0.463 e. The molecule has 0 bridgehead atoms. The van der Waals surface area contributed by atoms with Gasteiger partial charge in [-0.05, 0) is 79.4 Å². The number of hydrogen-bond acceptors (Lipinski definition) is 3. The van der Waals surface area contributed by atoms with Gasteiger partial charge in [-0.1, -0.05) is 46.8 Å². The van der Waals surface area contributed by atoms with E-state index < -0.39 is 5.97 Å². The zero-order valence-electron chi connectivity index (χ0n) is 21.1. The number of allylic oxidation sites excluding steroid dienone is 5. The monoisotopic (exact) mass is 441 g/mol. The van der Waals surface area contributed by atoms with E-state index in [1.807, 2.05) is 6.92 Å². The van der Waals surface area contributed by atoms with Crippen LogP contribution in [0.4, 0.5) is 10.1 Å². The molecule has 0 N–H and O–H groups in total. The van der Waals surface area contributed by atoms with Crippen LogP contribution in [0, 0.1) is 0 Å². The Morgan fingerprint density at radius 1 is 1.22 bits per heavy atom. The van der Waals surface area contributed by atoms with Crippen LogP contribution < -0.4 is 4.90 Å². The Kier molecular flexibility index (Phi) is 8.89. The van der Waals surface area contributed by atoms with Crippen molar-refractivity contribution in [2.45, 2.75) is 79.6 Å². The number of ether oxygens (including phenoxy) is 1. The summed E-state index contributed by atoms with van der Waals surface area (Å²) in [6, 6.07) is 4.50. The van der Waals surface area contributed by atoms with Crippen molar-refractivity contribution >= 4 is 17.2 Å². The molecule has 0 aromatic heterocycles. The summed E-state index contributed by atoms with van der Waals surface area (Å²) in [6.45, 7) is 18.8. The first-order valence-corrected chi connectivity index (χ1v) is 11.8. The van der Waals surface area contributed by atoms with E-state index in [2.05, 4.69) is 51.7 Å². The number of nitrogens with zero attached hydrogens (tertiary/aromatic N) is 1. The lowest BCUT2D eigenvalue weighted by Crippen LogP contribution is -2.38. The lowest BCUT2D eigenvalue weighted by atomic mass is 9.74.